The lowest BCUT2D eigenvalue weighted by Gasteiger charge is -2.29. The number of aromatic nitrogens is 1. The van der Waals surface area contributed by atoms with Crippen molar-refractivity contribution >= 4 is 5.91 Å². The van der Waals surface area contributed by atoms with Gasteiger partial charge >= 0.3 is 0 Å². The molecule has 0 radical (unpaired) electrons. The minimum Gasteiger partial charge on any atom is -0.393 e. The molecule has 1 atom stereocenters. The molecule has 2 rings (SSSR count). The van der Waals surface area contributed by atoms with Crippen LogP contribution in [0.1, 0.15) is 26.7 Å². The molecule has 1 aliphatic heterocycles. The number of rotatable bonds is 2. The topological polar surface area (TPSA) is 62.5 Å². The molecule has 1 amide bonds. The zero-order valence-corrected chi connectivity index (χ0v) is 12.1. The fourth-order valence-electron chi connectivity index (χ4n) is 2.75. The van der Waals surface area contributed by atoms with E-state index in [0.29, 0.717) is 25.9 Å². The van der Waals surface area contributed by atoms with Gasteiger partial charge < -0.3 is 14.6 Å². The molecule has 1 aliphatic rings. The summed E-state index contributed by atoms with van der Waals surface area (Å²) in [4.78, 5) is 25.7. The van der Waals surface area contributed by atoms with E-state index in [1.807, 2.05) is 0 Å². The number of amides is 1. The second-order valence-corrected chi connectivity index (χ2v) is 6.29. The highest BCUT2D eigenvalue weighted by Crippen LogP contribution is 2.28. The van der Waals surface area contributed by atoms with Gasteiger partial charge in [-0.25, -0.2) is 0 Å². The molecule has 1 fully saturated rings. The number of hydrogen-bond donors (Lipinski definition) is 1. The van der Waals surface area contributed by atoms with Crippen LogP contribution < -0.4 is 5.56 Å². The predicted molar refractivity (Wildman–Crippen MR) is 76.3 cm³/mol. The second-order valence-electron chi connectivity index (χ2n) is 6.29. The van der Waals surface area contributed by atoms with Crippen molar-refractivity contribution in [3.8, 4) is 0 Å². The number of aliphatic hydroxyl groups is 1. The first-order chi connectivity index (χ1) is 9.37. The summed E-state index contributed by atoms with van der Waals surface area (Å²) in [7, 11) is 0. The third-order valence-corrected chi connectivity index (χ3v) is 3.70. The normalized spacial score (nSPS) is 22.4. The highest BCUT2D eigenvalue weighted by atomic mass is 16.3. The Labute approximate surface area is 118 Å². The number of pyridine rings is 1. The second kappa shape index (κ2) is 5.79. The molecule has 0 saturated carbocycles. The Morgan fingerprint density at radius 3 is 2.90 bits per heavy atom. The Hall–Kier alpha value is -1.62. The summed E-state index contributed by atoms with van der Waals surface area (Å²) in [5, 5.41) is 9.87. The lowest BCUT2D eigenvalue weighted by Crippen LogP contribution is -2.40. The molecule has 1 unspecified atom stereocenters. The highest BCUT2D eigenvalue weighted by molar-refractivity contribution is 5.76. The Morgan fingerprint density at radius 1 is 1.45 bits per heavy atom. The summed E-state index contributed by atoms with van der Waals surface area (Å²) in [5.41, 5.74) is -0.275. The largest absolute Gasteiger partial charge is 0.393 e. The first kappa shape index (κ1) is 14.8. The fraction of sp³-hybridized carbons (Fsp3) is 0.600. The van der Waals surface area contributed by atoms with E-state index in [1.165, 1.54) is 10.6 Å². The van der Waals surface area contributed by atoms with Crippen LogP contribution in [-0.2, 0) is 11.3 Å². The third-order valence-electron chi connectivity index (χ3n) is 3.70. The van der Waals surface area contributed by atoms with Gasteiger partial charge in [-0.2, -0.15) is 0 Å². The maximum Gasteiger partial charge on any atom is 0.250 e. The van der Waals surface area contributed by atoms with Crippen LogP contribution in [0.4, 0.5) is 0 Å². The summed E-state index contributed by atoms with van der Waals surface area (Å²) in [6, 6.07) is 4.85. The van der Waals surface area contributed by atoms with E-state index in [1.54, 1.807) is 23.2 Å². The van der Waals surface area contributed by atoms with Crippen molar-refractivity contribution < 1.29 is 9.90 Å². The molecule has 1 N–H and O–H groups in total. The van der Waals surface area contributed by atoms with Gasteiger partial charge in [-0.3, -0.25) is 9.59 Å². The maximum absolute atomic E-state index is 12.4. The van der Waals surface area contributed by atoms with Crippen LogP contribution in [0.15, 0.2) is 29.2 Å². The van der Waals surface area contributed by atoms with Crippen molar-refractivity contribution in [2.45, 2.75) is 39.3 Å². The molecule has 5 nitrogen and oxygen atoms in total. The smallest absolute Gasteiger partial charge is 0.250 e. The van der Waals surface area contributed by atoms with E-state index in [-0.39, 0.29) is 29.5 Å². The molecular weight excluding hydrogens is 256 g/mol. The van der Waals surface area contributed by atoms with Gasteiger partial charge in [0.2, 0.25) is 5.91 Å². The summed E-state index contributed by atoms with van der Waals surface area (Å²) in [6.07, 6.45) is 2.56. The molecule has 20 heavy (non-hydrogen) atoms. The maximum atomic E-state index is 12.4. The van der Waals surface area contributed by atoms with Crippen molar-refractivity contribution in [1.82, 2.24) is 9.47 Å². The monoisotopic (exact) mass is 278 g/mol. The van der Waals surface area contributed by atoms with Gasteiger partial charge in [0.1, 0.15) is 6.54 Å². The van der Waals surface area contributed by atoms with Gasteiger partial charge in [0.15, 0.2) is 0 Å². The van der Waals surface area contributed by atoms with Crippen molar-refractivity contribution in [2.24, 2.45) is 5.41 Å². The lowest BCUT2D eigenvalue weighted by atomic mass is 9.87. The predicted octanol–water partition coefficient (Wildman–Crippen LogP) is 0.858. The zero-order valence-electron chi connectivity index (χ0n) is 12.1. The molecule has 2 heterocycles. The summed E-state index contributed by atoms with van der Waals surface area (Å²) in [6.45, 7) is 5.33. The number of aliphatic hydroxyl groups excluding tert-OH is 1. The number of carbonyl (C=O) groups is 1. The van der Waals surface area contributed by atoms with Crippen molar-refractivity contribution in [1.29, 1.82) is 0 Å². The van der Waals surface area contributed by atoms with E-state index >= 15 is 0 Å². The van der Waals surface area contributed by atoms with Crippen LogP contribution >= 0.6 is 0 Å². The highest BCUT2D eigenvalue weighted by Gasteiger charge is 2.31. The summed E-state index contributed by atoms with van der Waals surface area (Å²) >= 11 is 0. The van der Waals surface area contributed by atoms with Crippen molar-refractivity contribution in [2.75, 3.05) is 13.1 Å². The molecule has 0 spiro atoms. The summed E-state index contributed by atoms with van der Waals surface area (Å²) < 4.78 is 1.41. The summed E-state index contributed by atoms with van der Waals surface area (Å²) in [5.74, 6) is -0.0690. The Bertz CT molecular complexity index is 536. The van der Waals surface area contributed by atoms with Gasteiger partial charge in [-0.05, 0) is 24.3 Å². The van der Waals surface area contributed by atoms with Gasteiger partial charge in [0.05, 0.1) is 6.10 Å². The minimum atomic E-state index is -0.359. The molecule has 1 aromatic heterocycles. The SMILES string of the molecule is CC1(C)CC(O)CCN(C(=O)Cn2ccccc2=O)C1. The first-order valence-electron chi connectivity index (χ1n) is 6.99. The molecule has 1 saturated heterocycles. The lowest BCUT2D eigenvalue weighted by molar-refractivity contribution is -0.133. The fourth-order valence-corrected chi connectivity index (χ4v) is 2.75. The number of nitrogens with zero attached hydrogens (tertiary/aromatic N) is 2. The Kier molecular flexibility index (Phi) is 4.28. The van der Waals surface area contributed by atoms with E-state index in [4.69, 9.17) is 0 Å². The minimum absolute atomic E-state index is 0.0614. The van der Waals surface area contributed by atoms with Crippen LogP contribution in [0.2, 0.25) is 0 Å². The third kappa shape index (κ3) is 3.70. The van der Waals surface area contributed by atoms with Crippen molar-refractivity contribution in [3.05, 3.63) is 34.7 Å². The standard InChI is InChI=1S/C15H22N2O3/c1-15(2)9-12(18)6-8-17(11-15)14(20)10-16-7-4-3-5-13(16)19/h3-5,7,12,18H,6,8-11H2,1-2H3. The molecule has 0 aromatic carbocycles. The van der Waals surface area contributed by atoms with E-state index < -0.39 is 0 Å². The van der Waals surface area contributed by atoms with Crippen LogP contribution in [0, 0.1) is 5.41 Å². The Balaban J connectivity index is 2.09. The van der Waals surface area contributed by atoms with Crippen LogP contribution in [0.3, 0.4) is 0 Å². The number of hydrogen-bond acceptors (Lipinski definition) is 3. The zero-order chi connectivity index (χ0) is 14.8. The molecule has 0 aliphatic carbocycles. The molecule has 5 heteroatoms. The van der Waals surface area contributed by atoms with E-state index in [2.05, 4.69) is 13.8 Å². The van der Waals surface area contributed by atoms with Gasteiger partial charge in [-0.15, -0.1) is 0 Å². The van der Waals surface area contributed by atoms with Gasteiger partial charge in [0, 0.05) is 25.4 Å². The number of likely N-dealkylation sites (tertiary alicyclic amines) is 1. The van der Waals surface area contributed by atoms with Gasteiger partial charge in [-0.1, -0.05) is 19.9 Å². The van der Waals surface area contributed by atoms with Crippen LogP contribution in [-0.4, -0.2) is 39.7 Å². The molecule has 1 aromatic rings. The average molecular weight is 278 g/mol. The van der Waals surface area contributed by atoms with Crippen LogP contribution in [0.25, 0.3) is 0 Å². The first-order valence-corrected chi connectivity index (χ1v) is 6.99. The Morgan fingerprint density at radius 2 is 2.20 bits per heavy atom. The van der Waals surface area contributed by atoms with Crippen molar-refractivity contribution in [3.63, 3.8) is 0 Å². The van der Waals surface area contributed by atoms with E-state index in [9.17, 15) is 14.7 Å². The molecule has 110 valence electrons. The quantitative estimate of drug-likeness (QED) is 0.872. The average Bonchev–Trinajstić information content (AvgIpc) is 2.49. The van der Waals surface area contributed by atoms with Crippen LogP contribution in [0.5, 0.6) is 0 Å². The van der Waals surface area contributed by atoms with Gasteiger partial charge in [0.25, 0.3) is 5.56 Å². The van der Waals surface area contributed by atoms with E-state index in [0.717, 1.165) is 0 Å². The molecular formula is C15H22N2O3. The number of carbonyl (C=O) groups excluding carboxylic acids is 1. The molecule has 0 bridgehead atoms.